The number of carbonyl (C=O) groups excluding carboxylic acids is 2. The van der Waals surface area contributed by atoms with Crippen molar-refractivity contribution in [3.05, 3.63) is 64.6 Å². The van der Waals surface area contributed by atoms with Gasteiger partial charge in [0, 0.05) is 31.7 Å². The highest BCUT2D eigenvalue weighted by Crippen LogP contribution is 2.40. The molecule has 2 unspecified atom stereocenters. The zero-order chi connectivity index (χ0) is 32.1. The van der Waals surface area contributed by atoms with E-state index in [1.54, 1.807) is 4.90 Å². The zero-order valence-electron chi connectivity index (χ0n) is 26.4. The van der Waals surface area contributed by atoms with E-state index < -0.39 is 0 Å². The third-order valence-corrected chi connectivity index (χ3v) is 9.70. The molecule has 1 aromatic carbocycles. The molecule has 1 aromatic heterocycles. The van der Waals surface area contributed by atoms with Crippen LogP contribution in [0.25, 0.3) is 4.85 Å². The number of hydrogen-bond donors (Lipinski definition) is 0. The van der Waals surface area contributed by atoms with Crippen molar-refractivity contribution in [1.82, 2.24) is 19.8 Å². The zero-order valence-corrected chi connectivity index (χ0v) is 27.1. The van der Waals surface area contributed by atoms with Crippen LogP contribution in [0.5, 0.6) is 6.01 Å². The summed E-state index contributed by atoms with van der Waals surface area (Å²) in [7, 11) is 4.03. The Morgan fingerprint density at radius 2 is 2.02 bits per heavy atom. The second-order valence-corrected chi connectivity index (χ2v) is 12.6. The van der Waals surface area contributed by atoms with Crippen LogP contribution < -0.4 is 14.5 Å². The van der Waals surface area contributed by atoms with Crippen LogP contribution in [0.3, 0.4) is 0 Å². The molecule has 3 atom stereocenters. The normalized spacial score (nSPS) is 23.0. The number of aromatic nitrogens is 2. The number of halogens is 1. The minimum Gasteiger partial charge on any atom is -0.466 e. The van der Waals surface area contributed by atoms with Gasteiger partial charge in [-0.3, -0.25) is 9.59 Å². The fourth-order valence-electron chi connectivity index (χ4n) is 6.78. The summed E-state index contributed by atoms with van der Waals surface area (Å²) in [4.78, 5) is 46.9. The van der Waals surface area contributed by atoms with Crippen LogP contribution in [0, 0.1) is 12.5 Å². The van der Waals surface area contributed by atoms with E-state index in [9.17, 15) is 9.59 Å². The predicted molar refractivity (Wildman–Crippen MR) is 174 cm³/mol. The van der Waals surface area contributed by atoms with Gasteiger partial charge in [0.1, 0.15) is 18.5 Å². The lowest BCUT2D eigenvalue weighted by Gasteiger charge is -2.41. The van der Waals surface area contributed by atoms with Gasteiger partial charge < -0.3 is 33.9 Å². The van der Waals surface area contributed by atoms with Crippen LogP contribution in [0.1, 0.15) is 37.4 Å². The average Bonchev–Trinajstić information content (AvgIpc) is 3.49. The van der Waals surface area contributed by atoms with Crippen molar-refractivity contribution in [3.8, 4) is 6.01 Å². The smallest absolute Gasteiger partial charge is 0.318 e. The fraction of sp³-hybridized carbons (Fsp3) is 0.545. The van der Waals surface area contributed by atoms with Crippen LogP contribution in [-0.4, -0.2) is 103 Å². The molecule has 0 bridgehead atoms. The van der Waals surface area contributed by atoms with Crippen molar-refractivity contribution in [2.45, 2.75) is 50.7 Å². The third kappa shape index (κ3) is 6.87. The van der Waals surface area contributed by atoms with Crippen molar-refractivity contribution in [3.63, 3.8) is 0 Å². The molecular weight excluding hydrogens is 594 g/mol. The molecule has 2 aliphatic heterocycles. The van der Waals surface area contributed by atoms with E-state index in [4.69, 9.17) is 37.6 Å². The van der Waals surface area contributed by atoms with Gasteiger partial charge in [-0.15, -0.1) is 0 Å². The number of carbonyl (C=O) groups is 2. The van der Waals surface area contributed by atoms with E-state index in [0.29, 0.717) is 57.3 Å². The molecule has 3 heterocycles. The number of hydrogen-bond acceptors (Lipinski definition) is 9. The molecular formula is C33H42ClN7O4. The lowest BCUT2D eigenvalue weighted by Crippen LogP contribution is -2.56. The second-order valence-electron chi connectivity index (χ2n) is 12.2. The summed E-state index contributed by atoms with van der Waals surface area (Å²) in [6, 6.07) is 7.79. The number of rotatable bonds is 10. The van der Waals surface area contributed by atoms with Crippen LogP contribution in [0.4, 0.5) is 11.5 Å². The van der Waals surface area contributed by atoms with Gasteiger partial charge in [-0.1, -0.05) is 30.3 Å². The van der Waals surface area contributed by atoms with E-state index in [1.165, 1.54) is 6.08 Å². The first kappa shape index (κ1) is 32.5. The third-order valence-electron chi connectivity index (χ3n) is 9.38. The monoisotopic (exact) mass is 635 g/mol. The van der Waals surface area contributed by atoms with Gasteiger partial charge in [-0.05, 0) is 64.9 Å². The summed E-state index contributed by atoms with van der Waals surface area (Å²) in [5.74, 6) is 0.286. The van der Waals surface area contributed by atoms with Crippen molar-refractivity contribution in [1.29, 1.82) is 0 Å². The highest BCUT2D eigenvalue weighted by molar-refractivity contribution is 6.33. The number of nitrogens with zero attached hydrogens (tertiary/aromatic N) is 7. The molecule has 5 rings (SSSR count). The first-order valence-electron chi connectivity index (χ1n) is 15.6. The van der Waals surface area contributed by atoms with Crippen LogP contribution in [-0.2, 0) is 27.3 Å². The Bertz CT molecular complexity index is 1460. The number of esters is 1. The van der Waals surface area contributed by atoms with Crippen LogP contribution in [0.15, 0.2) is 36.9 Å². The molecule has 1 amide bonds. The largest absolute Gasteiger partial charge is 0.466 e. The maximum absolute atomic E-state index is 12.6. The summed E-state index contributed by atoms with van der Waals surface area (Å²) in [5.41, 5.74) is 2.49. The van der Waals surface area contributed by atoms with Crippen molar-refractivity contribution in [2.75, 3.05) is 69.8 Å². The van der Waals surface area contributed by atoms with Crippen LogP contribution in [0.2, 0.25) is 5.02 Å². The Morgan fingerprint density at radius 1 is 1.22 bits per heavy atom. The molecule has 2 aromatic rings. The van der Waals surface area contributed by atoms with Gasteiger partial charge in [-0.2, -0.15) is 9.97 Å². The minimum absolute atomic E-state index is 0.156. The number of fused-ring (bicyclic) bond motifs is 1. The van der Waals surface area contributed by atoms with Gasteiger partial charge in [0.05, 0.1) is 41.0 Å². The predicted octanol–water partition coefficient (Wildman–Crippen LogP) is 3.86. The molecule has 45 heavy (non-hydrogen) atoms. The van der Waals surface area contributed by atoms with Gasteiger partial charge >= 0.3 is 12.0 Å². The number of anilines is 2. The Morgan fingerprint density at radius 3 is 2.73 bits per heavy atom. The SMILES string of the molecule is [C-]#[N+]C[C@H]1CN(c2nc(OCC3(N(C)C)CCC(C(=O)OCC)C3)nc3c2CCN(c2ccccc2Cl)C3)CCN1C(=O)C=C. The summed E-state index contributed by atoms with van der Waals surface area (Å²) in [6.07, 6.45) is 4.18. The highest BCUT2D eigenvalue weighted by atomic mass is 35.5. The maximum atomic E-state index is 12.6. The summed E-state index contributed by atoms with van der Waals surface area (Å²) in [5, 5.41) is 0.682. The van der Waals surface area contributed by atoms with Crippen molar-refractivity contribution < 1.29 is 19.1 Å². The lowest BCUT2D eigenvalue weighted by atomic mass is 9.95. The van der Waals surface area contributed by atoms with Gasteiger partial charge in [0.2, 0.25) is 12.5 Å². The molecule has 0 spiro atoms. The first-order chi connectivity index (χ1) is 21.7. The van der Waals surface area contributed by atoms with E-state index >= 15 is 0 Å². The van der Waals surface area contributed by atoms with Crippen molar-refractivity contribution in [2.24, 2.45) is 5.92 Å². The molecule has 1 saturated heterocycles. The molecule has 0 N–H and O–H groups in total. The van der Waals surface area contributed by atoms with Gasteiger partial charge in [0.15, 0.2) is 0 Å². The summed E-state index contributed by atoms with van der Waals surface area (Å²) < 4.78 is 11.8. The molecule has 11 nitrogen and oxygen atoms in total. The molecule has 240 valence electrons. The van der Waals surface area contributed by atoms with Gasteiger partial charge in [-0.25, -0.2) is 6.57 Å². The highest BCUT2D eigenvalue weighted by Gasteiger charge is 2.45. The van der Waals surface area contributed by atoms with Crippen molar-refractivity contribution >= 4 is 35.0 Å². The molecule has 1 saturated carbocycles. The Labute approximate surface area is 270 Å². The maximum Gasteiger partial charge on any atom is 0.318 e. The lowest BCUT2D eigenvalue weighted by molar-refractivity contribution is -0.148. The standard InChI is InChI=1S/C33H42ClN7O4/c1-6-29(42)41-17-16-40(20-24(41)19-35-3)30-25-13-15-39(28-11-9-8-10-26(28)34)21-27(25)36-32(37-30)45-22-33(38(4)5)14-12-23(18-33)31(43)44-7-2/h6,8-11,23-24H,1,7,12-22H2,2,4-5H3/t23?,24-,33?/m0/s1. The summed E-state index contributed by atoms with van der Waals surface area (Å²) in [6.45, 7) is 16.6. The molecule has 0 radical (unpaired) electrons. The number of benzene rings is 1. The molecule has 1 aliphatic carbocycles. The quantitative estimate of drug-likeness (QED) is 0.219. The van der Waals surface area contributed by atoms with Crippen LogP contribution >= 0.6 is 11.6 Å². The Kier molecular flexibility index (Phi) is 10.1. The van der Waals surface area contributed by atoms with E-state index in [-0.39, 0.29) is 41.9 Å². The van der Waals surface area contributed by atoms with E-state index in [2.05, 4.69) is 26.1 Å². The number of piperazine rings is 1. The fourth-order valence-corrected chi connectivity index (χ4v) is 7.03. The minimum atomic E-state index is -0.363. The average molecular weight is 636 g/mol. The van der Waals surface area contributed by atoms with E-state index in [0.717, 1.165) is 42.1 Å². The second kappa shape index (κ2) is 14.0. The molecule has 2 fully saturated rings. The summed E-state index contributed by atoms with van der Waals surface area (Å²) >= 11 is 6.58. The number of para-hydroxylation sites is 1. The molecule has 3 aliphatic rings. The first-order valence-corrected chi connectivity index (χ1v) is 15.9. The number of ether oxygens (including phenoxy) is 2. The van der Waals surface area contributed by atoms with Gasteiger partial charge in [0.25, 0.3) is 0 Å². The topological polar surface area (TPSA) is 95.7 Å². The number of likely N-dealkylation sites (N-methyl/N-ethyl adjacent to an activating group) is 1. The Hall–Kier alpha value is -3.88. The van der Waals surface area contributed by atoms with E-state index in [1.807, 2.05) is 45.3 Å². The molecule has 12 heteroatoms. The Balaban J connectivity index is 1.45. The number of amides is 1.